The zero-order valence-electron chi connectivity index (χ0n) is 9.84. The Morgan fingerprint density at radius 3 is 2.68 bits per heavy atom. The van der Waals surface area contributed by atoms with Crippen LogP contribution in [0.1, 0.15) is 16.1 Å². The van der Waals surface area contributed by atoms with Crippen molar-refractivity contribution in [1.29, 1.82) is 0 Å². The van der Waals surface area contributed by atoms with E-state index in [2.05, 4.69) is 4.98 Å². The number of para-hydroxylation sites is 1. The molecule has 0 radical (unpaired) electrons. The number of anilines is 1. The lowest BCUT2D eigenvalue weighted by atomic mass is 10.1. The average Bonchev–Trinajstić information content (AvgIpc) is 2.67. The Hall–Kier alpha value is -2.20. The third kappa shape index (κ3) is 1.90. The summed E-state index contributed by atoms with van der Waals surface area (Å²) in [6.07, 6.45) is 1.64. The molecule has 19 heavy (non-hydrogen) atoms. The molecule has 5 heteroatoms. The Kier molecular flexibility index (Phi) is 2.80. The van der Waals surface area contributed by atoms with Crippen LogP contribution in [-0.2, 0) is 11.3 Å². The summed E-state index contributed by atoms with van der Waals surface area (Å²) in [7, 11) is 0. The van der Waals surface area contributed by atoms with Crippen LogP contribution in [0, 0.1) is 0 Å². The van der Waals surface area contributed by atoms with Crippen LogP contribution in [-0.4, -0.2) is 16.7 Å². The highest BCUT2D eigenvalue weighted by Crippen LogP contribution is 2.36. The summed E-state index contributed by atoms with van der Waals surface area (Å²) in [5.74, 6) is -1.08. The molecule has 0 aliphatic carbocycles. The minimum Gasteiger partial charge on any atom is -0.297 e. The molecule has 2 heterocycles. The van der Waals surface area contributed by atoms with E-state index in [0.29, 0.717) is 22.0 Å². The van der Waals surface area contributed by atoms with Crippen molar-refractivity contribution < 1.29 is 9.59 Å². The van der Waals surface area contributed by atoms with Gasteiger partial charge in [-0.05, 0) is 24.3 Å². The highest BCUT2D eigenvalue weighted by atomic mass is 35.5. The number of nitrogens with zero attached hydrogens (tertiary/aromatic N) is 2. The van der Waals surface area contributed by atoms with Crippen molar-refractivity contribution in [3.05, 3.63) is 58.9 Å². The third-order valence-corrected chi connectivity index (χ3v) is 3.29. The number of fused-ring (bicyclic) bond motifs is 1. The lowest BCUT2D eigenvalue weighted by Gasteiger charge is -2.16. The first-order chi connectivity index (χ1) is 9.18. The van der Waals surface area contributed by atoms with Gasteiger partial charge in [-0.1, -0.05) is 23.7 Å². The fraction of sp³-hybridized carbons (Fsp3) is 0.0714. The molecule has 0 fully saturated rings. The molecule has 94 valence electrons. The Labute approximate surface area is 114 Å². The molecule has 1 aromatic carbocycles. The Morgan fingerprint density at radius 2 is 1.95 bits per heavy atom. The van der Waals surface area contributed by atoms with Gasteiger partial charge < -0.3 is 0 Å². The number of ketones is 1. The number of hydrogen-bond acceptors (Lipinski definition) is 3. The van der Waals surface area contributed by atoms with E-state index in [0.717, 1.165) is 0 Å². The molecule has 1 aromatic heterocycles. The Balaban J connectivity index is 2.04. The monoisotopic (exact) mass is 272 g/mol. The van der Waals surface area contributed by atoms with Gasteiger partial charge in [-0.3, -0.25) is 19.5 Å². The van der Waals surface area contributed by atoms with E-state index in [1.807, 2.05) is 6.07 Å². The van der Waals surface area contributed by atoms with E-state index in [1.54, 1.807) is 36.5 Å². The number of pyridine rings is 1. The number of aromatic nitrogens is 1. The van der Waals surface area contributed by atoms with Crippen molar-refractivity contribution in [3.63, 3.8) is 0 Å². The van der Waals surface area contributed by atoms with Crippen molar-refractivity contribution in [1.82, 2.24) is 4.98 Å². The quantitative estimate of drug-likeness (QED) is 0.789. The summed E-state index contributed by atoms with van der Waals surface area (Å²) in [6, 6.07) is 10.4. The second-order valence-corrected chi connectivity index (χ2v) is 4.58. The second kappa shape index (κ2) is 4.48. The molecule has 0 saturated heterocycles. The molecule has 0 saturated carbocycles. The van der Waals surface area contributed by atoms with Gasteiger partial charge in [0.2, 0.25) is 0 Å². The topological polar surface area (TPSA) is 50.3 Å². The molecule has 3 rings (SSSR count). The fourth-order valence-corrected chi connectivity index (χ4v) is 2.39. The summed E-state index contributed by atoms with van der Waals surface area (Å²) < 4.78 is 0. The number of carbonyl (C=O) groups is 2. The standard InChI is InChI=1S/C14H9ClN2O2/c15-11-6-3-5-10-12(11)17(14(19)13(10)18)8-9-4-1-2-7-16-9/h1-7H,8H2. The summed E-state index contributed by atoms with van der Waals surface area (Å²) >= 11 is 6.09. The van der Waals surface area contributed by atoms with E-state index in [1.165, 1.54) is 4.90 Å². The highest BCUT2D eigenvalue weighted by Gasteiger charge is 2.37. The van der Waals surface area contributed by atoms with Crippen LogP contribution in [0.4, 0.5) is 5.69 Å². The van der Waals surface area contributed by atoms with Crippen molar-refractivity contribution in [3.8, 4) is 0 Å². The Bertz CT molecular complexity index is 670. The smallest absolute Gasteiger partial charge is 0.297 e. The molecule has 0 spiro atoms. The third-order valence-electron chi connectivity index (χ3n) is 2.99. The minimum absolute atomic E-state index is 0.238. The van der Waals surface area contributed by atoms with Crippen LogP contribution in [0.3, 0.4) is 0 Å². The van der Waals surface area contributed by atoms with Crippen LogP contribution >= 0.6 is 11.6 Å². The molecule has 0 atom stereocenters. The molecule has 0 unspecified atom stereocenters. The fourth-order valence-electron chi connectivity index (χ4n) is 2.12. The second-order valence-electron chi connectivity index (χ2n) is 4.18. The minimum atomic E-state index is -0.561. The molecule has 1 amide bonds. The molecule has 2 aromatic rings. The summed E-state index contributed by atoms with van der Waals surface area (Å²) in [5.41, 5.74) is 1.54. The van der Waals surface area contributed by atoms with Crippen LogP contribution < -0.4 is 4.90 Å². The molecule has 1 aliphatic rings. The number of amides is 1. The number of rotatable bonds is 2. The first kappa shape index (κ1) is 11.9. The number of benzene rings is 1. The van der Waals surface area contributed by atoms with Crippen LogP contribution in [0.15, 0.2) is 42.6 Å². The highest BCUT2D eigenvalue weighted by molar-refractivity contribution is 6.54. The molecule has 0 N–H and O–H groups in total. The maximum atomic E-state index is 12.0. The zero-order chi connectivity index (χ0) is 13.4. The van der Waals surface area contributed by atoms with Gasteiger partial charge in [-0.15, -0.1) is 0 Å². The van der Waals surface area contributed by atoms with Gasteiger partial charge >= 0.3 is 0 Å². The van der Waals surface area contributed by atoms with Gasteiger partial charge in [0.15, 0.2) is 0 Å². The van der Waals surface area contributed by atoms with E-state index < -0.39 is 11.7 Å². The van der Waals surface area contributed by atoms with Gasteiger partial charge in [0.1, 0.15) is 0 Å². The van der Waals surface area contributed by atoms with Crippen molar-refractivity contribution >= 4 is 29.0 Å². The number of halogens is 1. The van der Waals surface area contributed by atoms with Gasteiger partial charge in [0.25, 0.3) is 11.7 Å². The lowest BCUT2D eigenvalue weighted by molar-refractivity contribution is -0.114. The summed E-state index contributed by atoms with van der Waals surface area (Å²) in [5, 5.41) is 0.396. The van der Waals surface area contributed by atoms with E-state index in [4.69, 9.17) is 11.6 Å². The zero-order valence-corrected chi connectivity index (χ0v) is 10.6. The maximum Gasteiger partial charge on any atom is 0.299 e. The van der Waals surface area contributed by atoms with Gasteiger partial charge in [0.05, 0.1) is 28.5 Å². The lowest BCUT2D eigenvalue weighted by Crippen LogP contribution is -2.29. The first-order valence-corrected chi connectivity index (χ1v) is 6.11. The number of Topliss-reactive ketones (excluding diaryl/α,β-unsaturated/α-hetero) is 1. The van der Waals surface area contributed by atoms with Gasteiger partial charge in [0, 0.05) is 6.20 Å². The van der Waals surface area contributed by atoms with Gasteiger partial charge in [-0.2, -0.15) is 0 Å². The maximum absolute atomic E-state index is 12.0. The van der Waals surface area contributed by atoms with Crippen molar-refractivity contribution in [2.24, 2.45) is 0 Å². The van der Waals surface area contributed by atoms with Crippen molar-refractivity contribution in [2.75, 3.05) is 4.90 Å². The number of carbonyl (C=O) groups excluding carboxylic acids is 2. The van der Waals surface area contributed by atoms with Crippen LogP contribution in [0.25, 0.3) is 0 Å². The van der Waals surface area contributed by atoms with Crippen LogP contribution in [0.2, 0.25) is 5.02 Å². The SMILES string of the molecule is O=C1C(=O)N(Cc2ccccn2)c2c(Cl)cccc21. The number of hydrogen-bond donors (Lipinski definition) is 0. The summed E-state index contributed by atoms with van der Waals surface area (Å²) in [4.78, 5) is 29.4. The molecule has 4 nitrogen and oxygen atoms in total. The molecular weight excluding hydrogens is 264 g/mol. The average molecular weight is 273 g/mol. The first-order valence-electron chi connectivity index (χ1n) is 5.73. The molecule has 1 aliphatic heterocycles. The van der Waals surface area contributed by atoms with E-state index >= 15 is 0 Å². The Morgan fingerprint density at radius 1 is 1.11 bits per heavy atom. The predicted octanol–water partition coefficient (Wildman–Crippen LogP) is 2.46. The van der Waals surface area contributed by atoms with Gasteiger partial charge in [-0.25, -0.2) is 0 Å². The normalized spacial score (nSPS) is 13.8. The molecular formula is C14H9ClN2O2. The predicted molar refractivity (Wildman–Crippen MR) is 71.2 cm³/mol. The largest absolute Gasteiger partial charge is 0.299 e. The van der Waals surface area contributed by atoms with Crippen molar-refractivity contribution in [2.45, 2.75) is 6.54 Å². The molecule has 0 bridgehead atoms. The van der Waals surface area contributed by atoms with E-state index in [9.17, 15) is 9.59 Å². The van der Waals surface area contributed by atoms with Crippen LogP contribution in [0.5, 0.6) is 0 Å². The van der Waals surface area contributed by atoms with E-state index in [-0.39, 0.29) is 6.54 Å². The summed E-state index contributed by atoms with van der Waals surface area (Å²) in [6.45, 7) is 0.238.